The second-order valence-corrected chi connectivity index (χ2v) is 8.24. The molecule has 0 radical (unpaired) electrons. The number of aromatic nitrogens is 2. The molecule has 7 nitrogen and oxygen atoms in total. The normalized spacial score (nSPS) is 16.0. The molecular formula is C17H23N5O2S. The van der Waals surface area contributed by atoms with E-state index >= 15 is 0 Å². The van der Waals surface area contributed by atoms with Gasteiger partial charge in [0, 0.05) is 56.9 Å². The van der Waals surface area contributed by atoms with Crippen LogP contribution in [-0.4, -0.2) is 62.8 Å². The molecule has 0 bridgehead atoms. The fraction of sp³-hybridized carbons (Fsp3) is 0.412. The third-order valence-electron chi connectivity index (χ3n) is 4.29. The number of anilines is 2. The molecule has 1 aliphatic rings. The predicted molar refractivity (Wildman–Crippen MR) is 98.6 cm³/mol. The van der Waals surface area contributed by atoms with Crippen LogP contribution in [0.2, 0.25) is 0 Å². The summed E-state index contributed by atoms with van der Waals surface area (Å²) in [5, 5.41) is 3.16. The summed E-state index contributed by atoms with van der Waals surface area (Å²) in [6, 6.07) is 7.10. The highest BCUT2D eigenvalue weighted by Crippen LogP contribution is 2.22. The molecule has 0 aliphatic carbocycles. The van der Waals surface area contributed by atoms with Gasteiger partial charge in [0.2, 0.25) is 0 Å². The average molecular weight is 361 g/mol. The number of likely N-dealkylation sites (N-methyl/N-ethyl adjacent to an activating group) is 1. The maximum Gasteiger partial charge on any atom is 0.179 e. The summed E-state index contributed by atoms with van der Waals surface area (Å²) >= 11 is 0. The van der Waals surface area contributed by atoms with Gasteiger partial charge < -0.3 is 15.1 Å². The quantitative estimate of drug-likeness (QED) is 0.858. The largest absolute Gasteiger partial charge is 0.365 e. The average Bonchev–Trinajstić information content (AvgIpc) is 2.60. The standard InChI is InChI=1S/C17H23N5O2S/c1-21-9-11-22(12-10-21)17-14(5-3-8-19-17)13-20-16-15(25(2,23)24)6-4-7-18-16/h3-8H,9-13H2,1-2H3,(H,18,20). The second-order valence-electron chi connectivity index (χ2n) is 6.25. The summed E-state index contributed by atoms with van der Waals surface area (Å²) in [6.07, 6.45) is 4.57. The summed E-state index contributed by atoms with van der Waals surface area (Å²) in [6.45, 7) is 4.33. The molecule has 25 heavy (non-hydrogen) atoms. The highest BCUT2D eigenvalue weighted by atomic mass is 32.2. The van der Waals surface area contributed by atoms with Crippen molar-refractivity contribution in [3.63, 3.8) is 0 Å². The van der Waals surface area contributed by atoms with E-state index in [0.29, 0.717) is 12.4 Å². The Bertz CT molecular complexity index is 832. The molecule has 2 aromatic rings. The van der Waals surface area contributed by atoms with Crippen molar-refractivity contribution >= 4 is 21.5 Å². The molecule has 134 valence electrons. The minimum Gasteiger partial charge on any atom is -0.365 e. The molecule has 0 atom stereocenters. The van der Waals surface area contributed by atoms with Crippen molar-refractivity contribution in [1.82, 2.24) is 14.9 Å². The van der Waals surface area contributed by atoms with Crippen molar-refractivity contribution in [3.05, 3.63) is 42.2 Å². The van der Waals surface area contributed by atoms with E-state index in [0.717, 1.165) is 37.6 Å². The van der Waals surface area contributed by atoms with Gasteiger partial charge in [-0.1, -0.05) is 6.07 Å². The van der Waals surface area contributed by atoms with Gasteiger partial charge in [0.25, 0.3) is 0 Å². The molecule has 1 aliphatic heterocycles. The van der Waals surface area contributed by atoms with Gasteiger partial charge in [-0.05, 0) is 25.2 Å². The van der Waals surface area contributed by atoms with Crippen LogP contribution < -0.4 is 10.2 Å². The number of sulfone groups is 1. The lowest BCUT2D eigenvalue weighted by Gasteiger charge is -2.34. The number of hydrogen-bond acceptors (Lipinski definition) is 7. The molecule has 1 fully saturated rings. The maximum atomic E-state index is 11.9. The molecule has 0 unspecified atom stereocenters. The molecular weight excluding hydrogens is 338 g/mol. The summed E-state index contributed by atoms with van der Waals surface area (Å²) in [5.41, 5.74) is 1.03. The summed E-state index contributed by atoms with van der Waals surface area (Å²) in [7, 11) is -1.21. The minimum atomic E-state index is -3.33. The summed E-state index contributed by atoms with van der Waals surface area (Å²) < 4.78 is 23.8. The van der Waals surface area contributed by atoms with Crippen molar-refractivity contribution in [2.45, 2.75) is 11.4 Å². The first-order chi connectivity index (χ1) is 11.9. The Kier molecular flexibility index (Phi) is 5.19. The SMILES string of the molecule is CN1CCN(c2ncccc2CNc2ncccc2S(C)(=O)=O)CC1. The Balaban J connectivity index is 1.79. The van der Waals surface area contributed by atoms with E-state index in [1.165, 1.54) is 6.26 Å². The zero-order valence-electron chi connectivity index (χ0n) is 14.5. The lowest BCUT2D eigenvalue weighted by Crippen LogP contribution is -2.45. The van der Waals surface area contributed by atoms with E-state index in [-0.39, 0.29) is 4.90 Å². The molecule has 0 amide bonds. The molecule has 0 aromatic carbocycles. The molecule has 8 heteroatoms. The smallest absolute Gasteiger partial charge is 0.179 e. The van der Waals surface area contributed by atoms with Crippen molar-refractivity contribution in [2.75, 3.05) is 49.7 Å². The third-order valence-corrected chi connectivity index (χ3v) is 5.42. The van der Waals surface area contributed by atoms with Gasteiger partial charge in [0.15, 0.2) is 9.84 Å². The number of rotatable bonds is 5. The van der Waals surface area contributed by atoms with Gasteiger partial charge >= 0.3 is 0 Å². The van der Waals surface area contributed by atoms with E-state index in [1.54, 1.807) is 24.5 Å². The molecule has 2 aromatic heterocycles. The number of piperazine rings is 1. The van der Waals surface area contributed by atoms with Gasteiger partial charge in [-0.3, -0.25) is 0 Å². The van der Waals surface area contributed by atoms with Crippen molar-refractivity contribution < 1.29 is 8.42 Å². The fourth-order valence-corrected chi connectivity index (χ4v) is 3.67. The molecule has 3 rings (SSSR count). The molecule has 0 saturated carbocycles. The van der Waals surface area contributed by atoms with Crippen LogP contribution in [0.1, 0.15) is 5.56 Å². The monoisotopic (exact) mass is 361 g/mol. The van der Waals surface area contributed by atoms with Crippen LogP contribution in [0.3, 0.4) is 0 Å². The van der Waals surface area contributed by atoms with Crippen LogP contribution in [-0.2, 0) is 16.4 Å². The molecule has 3 heterocycles. The Labute approximate surface area is 148 Å². The van der Waals surface area contributed by atoms with Crippen LogP contribution in [0.15, 0.2) is 41.6 Å². The number of nitrogens with zero attached hydrogens (tertiary/aromatic N) is 4. The molecule has 0 spiro atoms. The Hall–Kier alpha value is -2.19. The summed E-state index contributed by atoms with van der Waals surface area (Å²) in [4.78, 5) is 13.5. The number of hydrogen-bond donors (Lipinski definition) is 1. The Morgan fingerprint density at radius 1 is 1.08 bits per heavy atom. The fourth-order valence-electron chi connectivity index (χ4n) is 2.87. The van der Waals surface area contributed by atoms with E-state index in [4.69, 9.17) is 0 Å². The first kappa shape index (κ1) is 17.6. The third kappa shape index (κ3) is 4.26. The zero-order chi connectivity index (χ0) is 17.9. The van der Waals surface area contributed by atoms with Gasteiger partial charge in [-0.2, -0.15) is 0 Å². The zero-order valence-corrected chi connectivity index (χ0v) is 15.3. The van der Waals surface area contributed by atoms with Gasteiger partial charge in [0.05, 0.1) is 0 Å². The van der Waals surface area contributed by atoms with Crippen LogP contribution in [0.5, 0.6) is 0 Å². The topological polar surface area (TPSA) is 78.4 Å². The Morgan fingerprint density at radius 2 is 1.76 bits per heavy atom. The van der Waals surface area contributed by atoms with Crippen LogP contribution in [0.4, 0.5) is 11.6 Å². The lowest BCUT2D eigenvalue weighted by molar-refractivity contribution is 0.312. The summed E-state index contributed by atoms with van der Waals surface area (Å²) in [5.74, 6) is 1.32. The van der Waals surface area contributed by atoms with E-state index in [9.17, 15) is 8.42 Å². The van der Waals surface area contributed by atoms with Crippen LogP contribution in [0, 0.1) is 0 Å². The van der Waals surface area contributed by atoms with Crippen molar-refractivity contribution in [2.24, 2.45) is 0 Å². The first-order valence-corrected chi connectivity index (χ1v) is 10.1. The van der Waals surface area contributed by atoms with Crippen molar-refractivity contribution in [1.29, 1.82) is 0 Å². The minimum absolute atomic E-state index is 0.208. The van der Waals surface area contributed by atoms with Gasteiger partial charge in [-0.15, -0.1) is 0 Å². The predicted octanol–water partition coefficient (Wildman–Crippen LogP) is 1.24. The lowest BCUT2D eigenvalue weighted by atomic mass is 10.2. The van der Waals surface area contributed by atoms with E-state index in [1.807, 2.05) is 12.1 Å². The van der Waals surface area contributed by atoms with Crippen LogP contribution >= 0.6 is 0 Å². The molecule has 1 saturated heterocycles. The second kappa shape index (κ2) is 7.37. The highest BCUT2D eigenvalue weighted by Gasteiger charge is 2.19. The molecule has 1 N–H and O–H groups in total. The van der Waals surface area contributed by atoms with Crippen LogP contribution in [0.25, 0.3) is 0 Å². The van der Waals surface area contributed by atoms with E-state index in [2.05, 4.69) is 32.1 Å². The Morgan fingerprint density at radius 3 is 2.48 bits per heavy atom. The number of nitrogens with one attached hydrogen (secondary N) is 1. The maximum absolute atomic E-state index is 11.9. The van der Waals surface area contributed by atoms with Crippen molar-refractivity contribution in [3.8, 4) is 0 Å². The highest BCUT2D eigenvalue weighted by molar-refractivity contribution is 7.90. The number of pyridine rings is 2. The van der Waals surface area contributed by atoms with Gasteiger partial charge in [-0.25, -0.2) is 18.4 Å². The first-order valence-electron chi connectivity index (χ1n) is 8.21. The van der Waals surface area contributed by atoms with Gasteiger partial charge in [0.1, 0.15) is 16.5 Å². The van der Waals surface area contributed by atoms with E-state index < -0.39 is 9.84 Å².